The Hall–Kier alpha value is -1.67. The van der Waals surface area contributed by atoms with Crippen molar-refractivity contribution in [3.8, 4) is 0 Å². The van der Waals surface area contributed by atoms with Crippen molar-refractivity contribution in [2.45, 2.75) is 18.9 Å². The maximum Gasteiger partial charge on any atom is 0.273 e. The fourth-order valence-corrected chi connectivity index (χ4v) is 3.96. The molecule has 2 aromatic rings. The molecule has 2 heterocycles. The van der Waals surface area contributed by atoms with Gasteiger partial charge in [0.05, 0.1) is 10.0 Å². The highest BCUT2D eigenvalue weighted by Gasteiger charge is 2.26. The van der Waals surface area contributed by atoms with Crippen LogP contribution >= 0.6 is 34.5 Å². The highest BCUT2D eigenvalue weighted by Crippen LogP contribution is 2.24. The maximum atomic E-state index is 12.6. The van der Waals surface area contributed by atoms with Crippen LogP contribution in [0, 0.1) is 0 Å². The minimum Gasteiger partial charge on any atom is -0.337 e. The van der Waals surface area contributed by atoms with Gasteiger partial charge >= 0.3 is 0 Å². The molecule has 1 aliphatic rings. The van der Waals surface area contributed by atoms with Crippen LogP contribution in [-0.4, -0.2) is 59.8 Å². The Kier molecular flexibility index (Phi) is 6.37. The molecule has 144 valence electrons. The first-order valence-corrected chi connectivity index (χ1v) is 10.2. The van der Waals surface area contributed by atoms with Crippen molar-refractivity contribution in [2.75, 3.05) is 32.5 Å². The normalized spacial score (nSPS) is 15.2. The van der Waals surface area contributed by atoms with Crippen LogP contribution in [0.25, 0.3) is 0 Å². The number of halogens is 2. The molecule has 1 N–H and O–H groups in total. The van der Waals surface area contributed by atoms with E-state index in [1.165, 1.54) is 17.4 Å². The summed E-state index contributed by atoms with van der Waals surface area (Å²) in [4.78, 5) is 33.2. The first-order chi connectivity index (χ1) is 12.8. The lowest BCUT2D eigenvalue weighted by atomic mass is 10.0. The van der Waals surface area contributed by atoms with E-state index in [0.717, 1.165) is 12.8 Å². The van der Waals surface area contributed by atoms with Crippen LogP contribution in [-0.2, 0) is 0 Å². The fraction of sp³-hybridized carbons (Fsp3) is 0.389. The molecule has 0 bridgehead atoms. The number of nitrogens with zero attached hydrogens (tertiary/aromatic N) is 3. The molecule has 1 aromatic carbocycles. The van der Waals surface area contributed by atoms with Gasteiger partial charge in [0.15, 0.2) is 5.13 Å². The lowest BCUT2D eigenvalue weighted by molar-refractivity contribution is 0.0658. The summed E-state index contributed by atoms with van der Waals surface area (Å²) in [6.45, 7) is 1.42. The van der Waals surface area contributed by atoms with Crippen molar-refractivity contribution in [1.82, 2.24) is 14.8 Å². The van der Waals surface area contributed by atoms with Gasteiger partial charge in [-0.15, -0.1) is 11.3 Å². The monoisotopic (exact) mass is 426 g/mol. The van der Waals surface area contributed by atoms with Gasteiger partial charge in [-0.2, -0.15) is 0 Å². The molecule has 6 nitrogen and oxygen atoms in total. The van der Waals surface area contributed by atoms with E-state index in [2.05, 4.69) is 29.3 Å². The van der Waals surface area contributed by atoms with E-state index >= 15 is 0 Å². The van der Waals surface area contributed by atoms with Crippen molar-refractivity contribution < 1.29 is 9.59 Å². The van der Waals surface area contributed by atoms with Gasteiger partial charge in [0.1, 0.15) is 5.69 Å². The third-order valence-corrected chi connectivity index (χ3v) is 6.10. The van der Waals surface area contributed by atoms with Crippen molar-refractivity contribution in [1.29, 1.82) is 0 Å². The zero-order valence-corrected chi connectivity index (χ0v) is 17.4. The second-order valence-corrected chi connectivity index (χ2v) is 8.28. The topological polar surface area (TPSA) is 65.5 Å². The summed E-state index contributed by atoms with van der Waals surface area (Å²) >= 11 is 13.0. The molecular formula is C18H20Cl2N4O2S. The molecule has 0 unspecified atom stereocenters. The van der Waals surface area contributed by atoms with Crippen LogP contribution in [0.15, 0.2) is 23.6 Å². The predicted octanol–water partition coefficient (Wildman–Crippen LogP) is 3.87. The number of carbonyl (C=O) groups excluding carboxylic acids is 2. The van der Waals surface area contributed by atoms with Gasteiger partial charge in [-0.1, -0.05) is 23.2 Å². The number of nitrogens with one attached hydrogen (secondary N) is 1. The summed E-state index contributed by atoms with van der Waals surface area (Å²) in [7, 11) is 4.12. The number of hydrogen-bond donors (Lipinski definition) is 1. The van der Waals surface area contributed by atoms with Gasteiger partial charge in [-0.25, -0.2) is 4.98 Å². The number of amides is 2. The SMILES string of the molecule is CN(C)C1CCN(C(=O)c2csc(NC(=O)c3ccc(Cl)c(Cl)c3)n2)CC1. The van der Waals surface area contributed by atoms with E-state index in [1.54, 1.807) is 17.5 Å². The Morgan fingerprint density at radius 3 is 2.56 bits per heavy atom. The van der Waals surface area contributed by atoms with Crippen LogP contribution in [0.4, 0.5) is 5.13 Å². The Labute approximate surface area is 172 Å². The molecule has 3 rings (SSSR count). The van der Waals surface area contributed by atoms with Crippen LogP contribution in [0.1, 0.15) is 33.7 Å². The predicted molar refractivity (Wildman–Crippen MR) is 109 cm³/mol. The lowest BCUT2D eigenvalue weighted by Crippen LogP contribution is -2.44. The third kappa shape index (κ3) is 4.79. The van der Waals surface area contributed by atoms with Crippen molar-refractivity contribution >= 4 is 51.5 Å². The number of aromatic nitrogens is 1. The second kappa shape index (κ2) is 8.56. The van der Waals surface area contributed by atoms with Gasteiger partial charge in [0.25, 0.3) is 11.8 Å². The minimum atomic E-state index is -0.353. The van der Waals surface area contributed by atoms with Crippen LogP contribution in [0.3, 0.4) is 0 Å². The standard InChI is InChI=1S/C18H20Cl2N4O2S/c1-23(2)12-5-7-24(8-6-12)17(26)15-10-27-18(21-15)22-16(25)11-3-4-13(19)14(20)9-11/h3-4,9-10,12H,5-8H2,1-2H3,(H,21,22,25). The fourth-order valence-electron chi connectivity index (χ4n) is 2.98. The van der Waals surface area contributed by atoms with E-state index in [0.29, 0.717) is 45.6 Å². The Balaban J connectivity index is 1.62. The van der Waals surface area contributed by atoms with E-state index in [1.807, 2.05) is 4.90 Å². The van der Waals surface area contributed by atoms with Crippen LogP contribution in [0.5, 0.6) is 0 Å². The quantitative estimate of drug-likeness (QED) is 0.805. The molecule has 0 spiro atoms. The zero-order chi connectivity index (χ0) is 19.6. The number of carbonyl (C=O) groups is 2. The van der Waals surface area contributed by atoms with E-state index in [4.69, 9.17) is 23.2 Å². The molecular weight excluding hydrogens is 407 g/mol. The summed E-state index contributed by atoms with van der Waals surface area (Å²) < 4.78 is 0. The van der Waals surface area contributed by atoms with Gasteiger partial charge in [-0.05, 0) is 45.1 Å². The Bertz CT molecular complexity index is 848. The van der Waals surface area contributed by atoms with Gasteiger partial charge in [-0.3, -0.25) is 14.9 Å². The molecule has 1 saturated heterocycles. The highest BCUT2D eigenvalue weighted by atomic mass is 35.5. The summed E-state index contributed by atoms with van der Waals surface area (Å²) in [6, 6.07) is 5.14. The van der Waals surface area contributed by atoms with Crippen molar-refractivity contribution in [2.24, 2.45) is 0 Å². The second-order valence-electron chi connectivity index (χ2n) is 6.61. The molecule has 27 heavy (non-hydrogen) atoms. The van der Waals surface area contributed by atoms with Crippen LogP contribution in [0.2, 0.25) is 10.0 Å². The van der Waals surface area contributed by atoms with Gasteiger partial charge < -0.3 is 9.80 Å². The smallest absolute Gasteiger partial charge is 0.273 e. The number of hydrogen-bond acceptors (Lipinski definition) is 5. The number of rotatable bonds is 4. The third-order valence-electron chi connectivity index (χ3n) is 4.61. The van der Waals surface area contributed by atoms with Crippen molar-refractivity contribution in [3.05, 3.63) is 44.9 Å². The highest BCUT2D eigenvalue weighted by molar-refractivity contribution is 7.14. The van der Waals surface area contributed by atoms with Crippen molar-refractivity contribution in [3.63, 3.8) is 0 Å². The Morgan fingerprint density at radius 1 is 1.22 bits per heavy atom. The number of thiazole rings is 1. The number of benzene rings is 1. The number of piperidine rings is 1. The molecule has 0 aliphatic carbocycles. The summed E-state index contributed by atoms with van der Waals surface area (Å²) in [5.74, 6) is -0.452. The molecule has 0 radical (unpaired) electrons. The summed E-state index contributed by atoms with van der Waals surface area (Å²) in [6.07, 6.45) is 1.90. The van der Waals surface area contributed by atoms with Gasteiger partial charge in [0.2, 0.25) is 0 Å². The molecule has 0 saturated carbocycles. The minimum absolute atomic E-state index is 0.0986. The maximum absolute atomic E-state index is 12.6. The first-order valence-electron chi connectivity index (χ1n) is 8.53. The largest absolute Gasteiger partial charge is 0.337 e. The molecule has 0 atom stereocenters. The van der Waals surface area contributed by atoms with E-state index in [9.17, 15) is 9.59 Å². The number of anilines is 1. The average molecular weight is 427 g/mol. The molecule has 1 fully saturated rings. The first kappa shape index (κ1) is 20.1. The molecule has 9 heteroatoms. The number of likely N-dealkylation sites (tertiary alicyclic amines) is 1. The molecule has 1 aliphatic heterocycles. The summed E-state index contributed by atoms with van der Waals surface area (Å²) in [5, 5.41) is 5.43. The average Bonchev–Trinajstić information content (AvgIpc) is 3.11. The molecule has 1 aromatic heterocycles. The summed E-state index contributed by atoms with van der Waals surface area (Å²) in [5.41, 5.74) is 0.728. The van der Waals surface area contributed by atoms with Gasteiger partial charge in [0, 0.05) is 30.1 Å². The Morgan fingerprint density at radius 2 is 1.93 bits per heavy atom. The molecule has 2 amide bonds. The van der Waals surface area contributed by atoms with E-state index < -0.39 is 0 Å². The van der Waals surface area contributed by atoms with E-state index in [-0.39, 0.29) is 11.8 Å². The van der Waals surface area contributed by atoms with Crippen LogP contribution < -0.4 is 5.32 Å². The lowest BCUT2D eigenvalue weighted by Gasteiger charge is -2.34. The zero-order valence-electron chi connectivity index (χ0n) is 15.0.